The van der Waals surface area contributed by atoms with Crippen LogP contribution >= 0.6 is 12.2 Å². The van der Waals surface area contributed by atoms with Gasteiger partial charge in [-0.2, -0.15) is 0 Å². The second kappa shape index (κ2) is 6.68. The maximum Gasteiger partial charge on any atom is 0.136 e. The van der Waals surface area contributed by atoms with Gasteiger partial charge in [-0.05, 0) is 36.1 Å². The first-order chi connectivity index (χ1) is 9.97. The molecule has 0 aliphatic heterocycles. The average molecular weight is 299 g/mol. The van der Waals surface area contributed by atoms with Gasteiger partial charge in [-0.25, -0.2) is 4.98 Å². The van der Waals surface area contributed by atoms with Gasteiger partial charge in [0.15, 0.2) is 0 Å². The van der Waals surface area contributed by atoms with Crippen molar-refractivity contribution in [1.82, 2.24) is 4.98 Å². The summed E-state index contributed by atoms with van der Waals surface area (Å²) in [6.45, 7) is 7.03. The number of thiocarbonyl (C=S) groups is 1. The maximum absolute atomic E-state index is 5.74. The van der Waals surface area contributed by atoms with Gasteiger partial charge in [0, 0.05) is 12.2 Å². The molecule has 0 atom stereocenters. The van der Waals surface area contributed by atoms with E-state index in [1.807, 2.05) is 19.1 Å². The molecule has 0 bridgehead atoms. The van der Waals surface area contributed by atoms with Gasteiger partial charge in [-0.3, -0.25) is 0 Å². The highest BCUT2D eigenvalue weighted by molar-refractivity contribution is 7.80. The lowest BCUT2D eigenvalue weighted by Gasteiger charge is -2.12. The van der Waals surface area contributed by atoms with Gasteiger partial charge in [0.05, 0.1) is 5.56 Å². The van der Waals surface area contributed by atoms with E-state index in [4.69, 9.17) is 18.0 Å². The van der Waals surface area contributed by atoms with Gasteiger partial charge >= 0.3 is 0 Å². The first-order valence-corrected chi connectivity index (χ1v) is 7.48. The van der Waals surface area contributed by atoms with Crippen LogP contribution in [0.4, 0.5) is 5.82 Å². The second-order valence-corrected chi connectivity index (χ2v) is 5.90. The van der Waals surface area contributed by atoms with Gasteiger partial charge in [0.25, 0.3) is 0 Å². The van der Waals surface area contributed by atoms with Gasteiger partial charge in [-0.15, -0.1) is 0 Å². The van der Waals surface area contributed by atoms with Crippen molar-refractivity contribution in [2.75, 3.05) is 5.32 Å². The number of anilines is 1. The highest BCUT2D eigenvalue weighted by Crippen LogP contribution is 2.17. The molecule has 0 saturated heterocycles. The third-order valence-corrected chi connectivity index (χ3v) is 3.63. The third-order valence-electron chi connectivity index (χ3n) is 3.41. The fourth-order valence-corrected chi connectivity index (χ4v) is 2.26. The van der Waals surface area contributed by atoms with Gasteiger partial charge in [-0.1, -0.05) is 50.3 Å². The Kier molecular flexibility index (Phi) is 4.91. The predicted octanol–water partition coefficient (Wildman–Crippen LogP) is 3.76. The monoisotopic (exact) mass is 299 g/mol. The molecule has 3 nitrogen and oxygen atoms in total. The Balaban J connectivity index is 2.12. The van der Waals surface area contributed by atoms with Crippen molar-refractivity contribution in [3.63, 3.8) is 0 Å². The Morgan fingerprint density at radius 3 is 2.43 bits per heavy atom. The highest BCUT2D eigenvalue weighted by atomic mass is 32.1. The number of nitrogens with one attached hydrogen (secondary N) is 1. The van der Waals surface area contributed by atoms with Crippen LogP contribution in [0.25, 0.3) is 0 Å². The zero-order valence-electron chi connectivity index (χ0n) is 12.7. The van der Waals surface area contributed by atoms with Crippen molar-refractivity contribution in [3.05, 3.63) is 58.8 Å². The number of nitrogens with zero attached hydrogens (tertiary/aromatic N) is 1. The Morgan fingerprint density at radius 2 is 1.86 bits per heavy atom. The van der Waals surface area contributed by atoms with Crippen molar-refractivity contribution < 1.29 is 0 Å². The highest BCUT2D eigenvalue weighted by Gasteiger charge is 2.07. The van der Waals surface area contributed by atoms with E-state index in [0.29, 0.717) is 17.5 Å². The van der Waals surface area contributed by atoms with Crippen LogP contribution in [0.5, 0.6) is 0 Å². The predicted molar refractivity (Wildman–Crippen MR) is 92.7 cm³/mol. The molecule has 1 heterocycles. The third kappa shape index (κ3) is 4.02. The van der Waals surface area contributed by atoms with Crippen LogP contribution in [0.1, 0.15) is 42.1 Å². The summed E-state index contributed by atoms with van der Waals surface area (Å²) in [6.07, 6.45) is 0. The fraction of sp³-hybridized carbons (Fsp3) is 0.294. The maximum atomic E-state index is 5.74. The summed E-state index contributed by atoms with van der Waals surface area (Å²) in [5.74, 6) is 1.29. The number of aryl methyl sites for hydroxylation is 1. The Bertz CT molecular complexity index is 633. The first-order valence-electron chi connectivity index (χ1n) is 7.07. The van der Waals surface area contributed by atoms with E-state index in [-0.39, 0.29) is 0 Å². The van der Waals surface area contributed by atoms with Crippen LogP contribution < -0.4 is 11.1 Å². The van der Waals surface area contributed by atoms with Crippen LogP contribution in [0.3, 0.4) is 0 Å². The lowest BCUT2D eigenvalue weighted by Crippen LogP contribution is -2.14. The molecule has 0 saturated carbocycles. The molecule has 1 aromatic heterocycles. The van der Waals surface area contributed by atoms with E-state index in [2.05, 4.69) is 48.4 Å². The molecule has 0 aliphatic rings. The fourth-order valence-electron chi connectivity index (χ4n) is 2.10. The molecule has 110 valence electrons. The summed E-state index contributed by atoms with van der Waals surface area (Å²) in [5, 5.41) is 3.32. The van der Waals surface area contributed by atoms with Crippen molar-refractivity contribution in [2.24, 2.45) is 5.73 Å². The summed E-state index contributed by atoms with van der Waals surface area (Å²) in [5.41, 5.74) is 10.0. The molecule has 0 amide bonds. The average Bonchev–Trinajstić information content (AvgIpc) is 2.45. The SMILES string of the molecule is Cc1ccc(C(N)=S)c(NCc2ccc(C(C)C)cc2)n1. The number of hydrogen-bond donors (Lipinski definition) is 2. The number of aromatic nitrogens is 1. The standard InChI is InChI=1S/C17H21N3S/c1-11(2)14-7-5-13(6-8-14)10-19-17-15(16(18)21)9-4-12(3)20-17/h4-9,11H,10H2,1-3H3,(H2,18,21)(H,19,20). The van der Waals surface area contributed by atoms with E-state index in [1.54, 1.807) is 0 Å². The van der Waals surface area contributed by atoms with Crippen LogP contribution in [-0.2, 0) is 6.54 Å². The summed E-state index contributed by atoms with van der Waals surface area (Å²) < 4.78 is 0. The Hall–Kier alpha value is -1.94. The number of hydrogen-bond acceptors (Lipinski definition) is 3. The molecule has 0 spiro atoms. The number of benzene rings is 1. The quantitative estimate of drug-likeness (QED) is 0.825. The lowest BCUT2D eigenvalue weighted by atomic mass is 10.0. The molecule has 2 rings (SSSR count). The molecule has 0 unspecified atom stereocenters. The first kappa shape index (κ1) is 15.4. The molecule has 0 fully saturated rings. The number of nitrogens with two attached hydrogens (primary N) is 1. The minimum absolute atomic E-state index is 0.361. The topological polar surface area (TPSA) is 50.9 Å². The smallest absolute Gasteiger partial charge is 0.136 e. The molecule has 1 aromatic carbocycles. The van der Waals surface area contributed by atoms with Gasteiger partial charge in [0.2, 0.25) is 0 Å². The summed E-state index contributed by atoms with van der Waals surface area (Å²) >= 11 is 5.07. The van der Waals surface area contributed by atoms with Gasteiger partial charge < -0.3 is 11.1 Å². The van der Waals surface area contributed by atoms with E-state index in [0.717, 1.165) is 17.1 Å². The Labute approximate surface area is 131 Å². The van der Waals surface area contributed by atoms with Crippen molar-refractivity contribution in [1.29, 1.82) is 0 Å². The summed E-state index contributed by atoms with van der Waals surface area (Å²) in [7, 11) is 0. The number of pyridine rings is 1. The normalized spacial score (nSPS) is 10.7. The minimum Gasteiger partial charge on any atom is -0.389 e. The van der Waals surface area contributed by atoms with E-state index in [1.165, 1.54) is 11.1 Å². The van der Waals surface area contributed by atoms with Crippen molar-refractivity contribution in [2.45, 2.75) is 33.2 Å². The summed E-state index contributed by atoms with van der Waals surface area (Å²) in [6, 6.07) is 12.4. The van der Waals surface area contributed by atoms with E-state index >= 15 is 0 Å². The van der Waals surface area contributed by atoms with Crippen LogP contribution in [0.2, 0.25) is 0 Å². The van der Waals surface area contributed by atoms with Crippen molar-refractivity contribution >= 4 is 23.0 Å². The zero-order chi connectivity index (χ0) is 15.4. The van der Waals surface area contributed by atoms with E-state index in [9.17, 15) is 0 Å². The number of rotatable bonds is 5. The zero-order valence-corrected chi connectivity index (χ0v) is 13.5. The van der Waals surface area contributed by atoms with Gasteiger partial charge in [0.1, 0.15) is 10.8 Å². The molecule has 0 radical (unpaired) electrons. The molecular formula is C17H21N3S. The largest absolute Gasteiger partial charge is 0.389 e. The van der Waals surface area contributed by atoms with Crippen LogP contribution in [0.15, 0.2) is 36.4 Å². The van der Waals surface area contributed by atoms with Crippen LogP contribution in [-0.4, -0.2) is 9.97 Å². The molecule has 2 aromatic rings. The minimum atomic E-state index is 0.361. The molecule has 0 aliphatic carbocycles. The molecule has 21 heavy (non-hydrogen) atoms. The second-order valence-electron chi connectivity index (χ2n) is 5.46. The lowest BCUT2D eigenvalue weighted by molar-refractivity contribution is 0.865. The van der Waals surface area contributed by atoms with E-state index < -0.39 is 0 Å². The molecule has 4 heteroatoms. The summed E-state index contributed by atoms with van der Waals surface area (Å²) in [4.78, 5) is 4.84. The Morgan fingerprint density at radius 1 is 1.19 bits per heavy atom. The van der Waals surface area contributed by atoms with Crippen molar-refractivity contribution in [3.8, 4) is 0 Å². The molecular weight excluding hydrogens is 278 g/mol. The van der Waals surface area contributed by atoms with Crippen LogP contribution in [0, 0.1) is 6.92 Å². The molecule has 3 N–H and O–H groups in total.